The van der Waals surface area contributed by atoms with Gasteiger partial charge in [0, 0.05) is 18.4 Å². The molecule has 3 saturated carbocycles. The summed E-state index contributed by atoms with van der Waals surface area (Å²) in [6.07, 6.45) is 15.4. The summed E-state index contributed by atoms with van der Waals surface area (Å²) in [5, 5.41) is 0. The zero-order valence-corrected chi connectivity index (χ0v) is 17.2. The van der Waals surface area contributed by atoms with Crippen LogP contribution in [0.15, 0.2) is 11.6 Å². The molecular weight excluding hydrogens is 336 g/mol. The van der Waals surface area contributed by atoms with Crippen molar-refractivity contribution in [3.63, 3.8) is 0 Å². The quantitative estimate of drug-likeness (QED) is 0.606. The Morgan fingerprint density at radius 2 is 1.85 bits per heavy atom. The van der Waals surface area contributed by atoms with Crippen LogP contribution in [0, 0.1) is 28.6 Å². The minimum atomic E-state index is -0.0124. The Labute approximate surface area is 164 Å². The monoisotopic (exact) mass is 372 g/mol. The van der Waals surface area contributed by atoms with Gasteiger partial charge in [-0.2, -0.15) is 0 Å². The SMILES string of the molecule is C[C@]12CC[C@H](O[C@H]3CCCCO3)CC1=CC[C@H]1[C@H]2CC[C@]2(C)C(=O)CC[C@H]12. The van der Waals surface area contributed by atoms with E-state index in [1.165, 1.54) is 32.1 Å². The second-order valence-corrected chi connectivity index (χ2v) is 10.5. The second kappa shape index (κ2) is 6.69. The number of hydrogen-bond acceptors (Lipinski definition) is 3. The fourth-order valence-electron chi connectivity index (χ4n) is 7.55. The number of carbonyl (C=O) groups excluding carboxylic acids is 1. The minimum absolute atomic E-state index is 0.0124. The molecule has 7 atom stereocenters. The van der Waals surface area contributed by atoms with Crippen LogP contribution in [0.1, 0.15) is 84.5 Å². The van der Waals surface area contributed by atoms with E-state index in [1.807, 2.05) is 0 Å². The number of ether oxygens (including phenoxy) is 2. The number of ketones is 1. The van der Waals surface area contributed by atoms with E-state index in [-0.39, 0.29) is 11.7 Å². The van der Waals surface area contributed by atoms with Gasteiger partial charge in [-0.15, -0.1) is 0 Å². The molecule has 1 aliphatic heterocycles. The number of allylic oxidation sites excluding steroid dienone is 1. The van der Waals surface area contributed by atoms with E-state index in [0.717, 1.165) is 57.0 Å². The molecule has 4 fully saturated rings. The summed E-state index contributed by atoms with van der Waals surface area (Å²) < 4.78 is 12.2. The largest absolute Gasteiger partial charge is 0.353 e. The fourth-order valence-corrected chi connectivity index (χ4v) is 7.55. The molecule has 5 aliphatic rings. The molecule has 0 unspecified atom stereocenters. The van der Waals surface area contributed by atoms with Crippen molar-refractivity contribution in [1.29, 1.82) is 0 Å². The van der Waals surface area contributed by atoms with Gasteiger partial charge in [-0.05, 0) is 87.4 Å². The summed E-state index contributed by atoms with van der Waals surface area (Å²) in [5.74, 6) is 2.68. The van der Waals surface area contributed by atoms with E-state index >= 15 is 0 Å². The molecule has 3 heteroatoms. The van der Waals surface area contributed by atoms with Gasteiger partial charge in [-0.25, -0.2) is 0 Å². The molecule has 150 valence electrons. The predicted molar refractivity (Wildman–Crippen MR) is 105 cm³/mol. The van der Waals surface area contributed by atoms with Crippen LogP contribution in [0.4, 0.5) is 0 Å². The molecule has 1 saturated heterocycles. The molecule has 0 spiro atoms. The standard InChI is InChI=1S/C24H36O3/c1-23-12-10-17(27-22-5-3-4-14-26-22)15-16(23)6-7-18-19-8-9-21(25)24(19,2)13-11-20(18)23/h6,17-20,22H,3-5,7-15H2,1-2H3/t17-,18+,19+,20+,22-,23-,24-/m0/s1. The van der Waals surface area contributed by atoms with Gasteiger partial charge in [-0.1, -0.05) is 25.5 Å². The fraction of sp³-hybridized carbons (Fsp3) is 0.875. The Hall–Kier alpha value is -0.670. The van der Waals surface area contributed by atoms with Gasteiger partial charge in [0.1, 0.15) is 5.78 Å². The maximum absolute atomic E-state index is 12.6. The van der Waals surface area contributed by atoms with Gasteiger partial charge < -0.3 is 9.47 Å². The van der Waals surface area contributed by atoms with Crippen molar-refractivity contribution in [2.24, 2.45) is 28.6 Å². The second-order valence-electron chi connectivity index (χ2n) is 10.5. The van der Waals surface area contributed by atoms with Crippen LogP contribution in [-0.4, -0.2) is 24.8 Å². The lowest BCUT2D eigenvalue weighted by Crippen LogP contribution is -2.50. The third kappa shape index (κ3) is 2.87. The van der Waals surface area contributed by atoms with Crippen LogP contribution in [0.3, 0.4) is 0 Å². The molecule has 0 amide bonds. The first-order chi connectivity index (χ1) is 13.0. The molecule has 27 heavy (non-hydrogen) atoms. The summed E-state index contributed by atoms with van der Waals surface area (Å²) in [6.45, 7) is 5.67. The highest BCUT2D eigenvalue weighted by atomic mass is 16.7. The maximum Gasteiger partial charge on any atom is 0.157 e. The smallest absolute Gasteiger partial charge is 0.157 e. The van der Waals surface area contributed by atoms with E-state index in [1.54, 1.807) is 5.57 Å². The zero-order chi connectivity index (χ0) is 18.6. The van der Waals surface area contributed by atoms with E-state index < -0.39 is 0 Å². The molecule has 0 bridgehead atoms. The van der Waals surface area contributed by atoms with Crippen molar-refractivity contribution < 1.29 is 14.3 Å². The van der Waals surface area contributed by atoms with Gasteiger partial charge in [0.15, 0.2) is 6.29 Å². The van der Waals surface area contributed by atoms with Crippen LogP contribution >= 0.6 is 0 Å². The van der Waals surface area contributed by atoms with Gasteiger partial charge in [0.2, 0.25) is 0 Å². The van der Waals surface area contributed by atoms with Gasteiger partial charge in [0.05, 0.1) is 6.10 Å². The van der Waals surface area contributed by atoms with Gasteiger partial charge >= 0.3 is 0 Å². The number of fused-ring (bicyclic) bond motifs is 5. The molecule has 0 N–H and O–H groups in total. The van der Waals surface area contributed by atoms with E-state index in [9.17, 15) is 4.79 Å². The topological polar surface area (TPSA) is 35.5 Å². The van der Waals surface area contributed by atoms with Crippen molar-refractivity contribution in [3.8, 4) is 0 Å². The minimum Gasteiger partial charge on any atom is -0.353 e. The number of rotatable bonds is 2. The third-order valence-corrected chi connectivity index (χ3v) is 9.25. The Bertz CT molecular complexity index is 634. The highest BCUT2D eigenvalue weighted by molar-refractivity contribution is 5.87. The highest BCUT2D eigenvalue weighted by Crippen LogP contribution is 2.64. The first-order valence-electron chi connectivity index (χ1n) is 11.5. The molecule has 1 heterocycles. The van der Waals surface area contributed by atoms with Crippen molar-refractivity contribution in [2.45, 2.75) is 96.9 Å². The van der Waals surface area contributed by atoms with Crippen molar-refractivity contribution in [1.82, 2.24) is 0 Å². The Balaban J connectivity index is 1.32. The maximum atomic E-state index is 12.6. The number of hydrogen-bond donors (Lipinski definition) is 0. The molecule has 5 rings (SSSR count). The van der Waals surface area contributed by atoms with Crippen LogP contribution in [0.2, 0.25) is 0 Å². The van der Waals surface area contributed by atoms with Crippen molar-refractivity contribution in [3.05, 3.63) is 11.6 Å². The third-order valence-electron chi connectivity index (χ3n) is 9.25. The average Bonchev–Trinajstić information content (AvgIpc) is 2.98. The average molecular weight is 373 g/mol. The lowest BCUT2D eigenvalue weighted by atomic mass is 9.48. The summed E-state index contributed by atoms with van der Waals surface area (Å²) >= 11 is 0. The van der Waals surface area contributed by atoms with Crippen LogP contribution in [0.5, 0.6) is 0 Å². The molecule has 0 aromatic carbocycles. The number of Topliss-reactive ketones (excluding diaryl/α,β-unsaturated/α-hetero) is 1. The van der Waals surface area contributed by atoms with Crippen LogP contribution < -0.4 is 0 Å². The first kappa shape index (κ1) is 18.4. The van der Waals surface area contributed by atoms with E-state index in [0.29, 0.717) is 23.2 Å². The summed E-state index contributed by atoms with van der Waals surface area (Å²) in [7, 11) is 0. The van der Waals surface area contributed by atoms with Gasteiger partial charge in [-0.3, -0.25) is 4.79 Å². The van der Waals surface area contributed by atoms with E-state index in [2.05, 4.69) is 19.9 Å². The van der Waals surface area contributed by atoms with Crippen LogP contribution in [-0.2, 0) is 14.3 Å². The number of carbonyl (C=O) groups is 1. The lowest BCUT2D eigenvalue weighted by Gasteiger charge is -2.57. The molecule has 3 nitrogen and oxygen atoms in total. The molecule has 0 aromatic rings. The summed E-state index contributed by atoms with van der Waals surface area (Å²) in [6, 6.07) is 0. The zero-order valence-electron chi connectivity index (χ0n) is 17.2. The van der Waals surface area contributed by atoms with Crippen LogP contribution in [0.25, 0.3) is 0 Å². The lowest BCUT2D eigenvalue weighted by molar-refractivity contribution is -0.195. The molecular formula is C24H36O3. The predicted octanol–water partition coefficient (Wildman–Crippen LogP) is 5.43. The van der Waals surface area contributed by atoms with Gasteiger partial charge in [0.25, 0.3) is 0 Å². The normalized spacial score (nSPS) is 49.8. The molecule has 0 radical (unpaired) electrons. The van der Waals surface area contributed by atoms with Crippen molar-refractivity contribution >= 4 is 5.78 Å². The Kier molecular flexibility index (Phi) is 4.55. The first-order valence-corrected chi connectivity index (χ1v) is 11.5. The van der Waals surface area contributed by atoms with Crippen molar-refractivity contribution in [2.75, 3.05) is 6.61 Å². The molecule has 4 aliphatic carbocycles. The van der Waals surface area contributed by atoms with E-state index in [4.69, 9.17) is 9.47 Å². The highest BCUT2D eigenvalue weighted by Gasteiger charge is 2.58. The Morgan fingerprint density at radius 3 is 2.67 bits per heavy atom. The summed E-state index contributed by atoms with van der Waals surface area (Å²) in [4.78, 5) is 12.6. The summed E-state index contributed by atoms with van der Waals surface area (Å²) in [5.41, 5.74) is 1.98. The molecule has 0 aromatic heterocycles. The Morgan fingerprint density at radius 1 is 1.04 bits per heavy atom.